The van der Waals surface area contributed by atoms with Gasteiger partial charge in [0.25, 0.3) is 0 Å². The van der Waals surface area contributed by atoms with E-state index in [0.29, 0.717) is 34.1 Å². The molecule has 2 aliphatic rings. The quantitative estimate of drug-likeness (QED) is 0.0898. The van der Waals surface area contributed by atoms with E-state index < -0.39 is 29.9 Å². The summed E-state index contributed by atoms with van der Waals surface area (Å²) in [6.45, 7) is 50.0. The van der Waals surface area contributed by atoms with Gasteiger partial charge in [-0.1, -0.05) is 316 Å². The number of nitrogens with zero attached hydrogens (tertiary/aromatic N) is 1. The summed E-state index contributed by atoms with van der Waals surface area (Å²) in [4.78, 5) is 14.9. The first kappa shape index (κ1) is 79.5. The number of hydrogen-bond acceptors (Lipinski definition) is 7. The summed E-state index contributed by atoms with van der Waals surface area (Å²) in [5.74, 6) is 9.71. The van der Waals surface area contributed by atoms with Crippen molar-refractivity contribution in [2.24, 2.45) is 5.73 Å². The third-order valence-corrected chi connectivity index (χ3v) is 22.8. The molecule has 9 aromatic rings. The molecule has 5 radical (unpaired) electrons. The second-order valence-corrected chi connectivity index (χ2v) is 33.2. The largest absolute Gasteiger partial charge is 3.00 e. The van der Waals surface area contributed by atoms with Crippen molar-refractivity contribution < 1.29 is 47.0 Å². The van der Waals surface area contributed by atoms with Crippen molar-refractivity contribution in [3.8, 4) is 44.9 Å². The van der Waals surface area contributed by atoms with Crippen LogP contribution in [-0.2, 0) is 34.7 Å². The molecule has 11 rings (SSSR count). The van der Waals surface area contributed by atoms with Gasteiger partial charge in [0.1, 0.15) is 21.5 Å². The fraction of sp³-hybridized carbons (Fsp3) is 0.382. The molecule has 0 unspecified atom stereocenters. The number of sulfonamides is 1. The Morgan fingerprint density at radius 3 is 0.950 bits per heavy atom. The Morgan fingerprint density at radius 2 is 0.650 bits per heavy atom. The number of benzene rings is 9. The number of fused-ring (bicyclic) bond motifs is 7. The van der Waals surface area contributed by atoms with Gasteiger partial charge in [-0.2, -0.15) is 0 Å². The summed E-state index contributed by atoms with van der Waals surface area (Å²) >= 11 is 0. The molecular formula is C89H108IrN2O6PS+. The average molecular weight is 1560 g/mol. The summed E-state index contributed by atoms with van der Waals surface area (Å²) in [7, 11) is -9.01. The molecule has 1 aliphatic carbocycles. The minimum Gasteiger partial charge on any atom is -0.736 e. The second kappa shape index (κ2) is 32.6. The van der Waals surface area contributed by atoms with Gasteiger partial charge in [-0.15, -0.1) is 0 Å². The number of phosphoric ester groups is 1. The summed E-state index contributed by atoms with van der Waals surface area (Å²) in [6.07, 6.45) is 0. The molecule has 2 N–H and O–H groups in total. The molecule has 8 nitrogen and oxygen atoms in total. The molecule has 1 saturated carbocycles. The smallest absolute Gasteiger partial charge is 0.736 e. The minimum absolute atomic E-state index is 0. The van der Waals surface area contributed by atoms with Gasteiger partial charge >= 0.3 is 27.9 Å². The van der Waals surface area contributed by atoms with E-state index in [1.54, 1.807) is 0 Å². The van der Waals surface area contributed by atoms with E-state index in [-0.39, 0.29) is 55.6 Å². The normalized spacial score (nSPS) is 15.3. The van der Waals surface area contributed by atoms with Crippen LogP contribution >= 0.6 is 7.82 Å². The van der Waals surface area contributed by atoms with Crippen LogP contribution in [0.1, 0.15) is 286 Å². The topological polar surface area (TPSA) is 133 Å². The maximum absolute atomic E-state index is 14.6. The van der Waals surface area contributed by atoms with Gasteiger partial charge in [0.05, 0.1) is 4.90 Å². The van der Waals surface area contributed by atoms with Gasteiger partial charge in [0.2, 0.25) is 0 Å². The predicted octanol–water partition coefficient (Wildman–Crippen LogP) is 25.5. The standard InChI is InChI=1S/C50H57O4P.C29H37N2O2S.C10H15.Ir/c1-27(2)35-23-39(29(5)6)45(40(24-35)30(7)8)43-21-33-17-13-15-19-37(33)47-48-38-20-16-14-18-34(38)22-44(50(48)54-55(51,52)53-49(43)47)46-41(31(9)10)25-36(28(3)4)26-42(46)32(11)12;1-19(2)24-17-25(20(3)4)29(26(18-24)21(5)6)34(32,33)31-28(23-15-11-8-12-16-23)27(30)22-13-9-7-10-14-22;1-6-7(2)9(4)10(5)8(6)3;/h13-32H,1-12H3,(H,51,52);7-21,27-28H,30H2,1-6H3;1-5H3;/q;-1;;+3/p-1/t;27-,28-;;/m.0../s1. The van der Waals surface area contributed by atoms with Crippen molar-refractivity contribution in [3.05, 3.63) is 253 Å². The van der Waals surface area contributed by atoms with Crippen LogP contribution in [0.3, 0.4) is 0 Å². The zero-order valence-electron chi connectivity index (χ0n) is 63.5. The van der Waals surface area contributed by atoms with Gasteiger partial charge in [-0.05, 0) is 183 Å². The molecule has 0 bridgehead atoms. The monoisotopic (exact) mass is 1560 g/mol. The van der Waals surface area contributed by atoms with E-state index in [2.05, 4.69) is 209 Å². The van der Waals surface area contributed by atoms with Crippen molar-refractivity contribution in [2.45, 2.75) is 229 Å². The molecule has 0 spiro atoms. The molecule has 0 aromatic heterocycles. The van der Waals surface area contributed by atoms with Crippen LogP contribution in [-0.4, -0.2) is 8.42 Å². The molecule has 2 atom stereocenters. The van der Waals surface area contributed by atoms with Gasteiger partial charge in [0, 0.05) is 28.3 Å². The SMILES string of the molecule is CC(C)c1cc(C(C)C)c(-c2cc3ccccc3c3c2OP(=O)([O-])Oc2c(-c4c(C(C)C)cc(C(C)C)cc4C(C)C)cc4ccccc4c2-3)c(C(C)C)c1.CC(C)c1cc(C(C)C)c(S(=O)(=O)[N-][C@@H](c2ccccc2)[C@@H](N)c2ccccc2)c(C(C)C)c1.C[C]1[C](C)[C](C)[C](C)[C]1C.[Ir+3]. The Bertz CT molecular complexity index is 4200. The van der Waals surface area contributed by atoms with Crippen molar-refractivity contribution in [3.63, 3.8) is 0 Å². The van der Waals surface area contributed by atoms with Crippen LogP contribution < -0.4 is 19.7 Å². The van der Waals surface area contributed by atoms with Crippen LogP contribution in [0.4, 0.5) is 0 Å². The first-order valence-corrected chi connectivity index (χ1v) is 38.8. The van der Waals surface area contributed by atoms with E-state index >= 15 is 0 Å². The van der Waals surface area contributed by atoms with E-state index in [4.69, 9.17) is 14.8 Å². The molecular weight excluding hydrogens is 1450 g/mol. The number of nitrogens with two attached hydrogens (primary N) is 1. The van der Waals surface area contributed by atoms with Crippen molar-refractivity contribution >= 4 is 39.4 Å². The van der Waals surface area contributed by atoms with Crippen LogP contribution in [0.2, 0.25) is 0 Å². The number of hydrogen-bond donors (Lipinski definition) is 1. The van der Waals surface area contributed by atoms with E-state index in [1.807, 2.05) is 113 Å². The Kier molecular flexibility index (Phi) is 26.0. The van der Waals surface area contributed by atoms with Crippen LogP contribution in [0.15, 0.2) is 163 Å². The van der Waals surface area contributed by atoms with Gasteiger partial charge in [-0.3, -0.25) is 0 Å². The maximum atomic E-state index is 14.6. The molecule has 1 heterocycles. The minimum atomic E-state index is -5.00. The summed E-state index contributed by atoms with van der Waals surface area (Å²) in [6, 6.07) is 51.8. The van der Waals surface area contributed by atoms with Gasteiger partial charge < -0.3 is 24.4 Å². The average Bonchev–Trinajstić information content (AvgIpc) is 1.26. The molecule has 0 saturated heterocycles. The molecule has 11 heteroatoms. The fourth-order valence-corrected chi connectivity index (χ4v) is 16.8. The first-order chi connectivity index (χ1) is 46.6. The van der Waals surface area contributed by atoms with Crippen molar-refractivity contribution in [1.29, 1.82) is 0 Å². The number of phosphoric acid groups is 1. The van der Waals surface area contributed by atoms with Gasteiger partial charge in [-0.25, -0.2) is 13.0 Å². The maximum Gasteiger partial charge on any atom is 3.00 e. The Balaban J connectivity index is 0.000000239. The first-order valence-electron chi connectivity index (χ1n) is 35.9. The third kappa shape index (κ3) is 16.7. The van der Waals surface area contributed by atoms with Crippen LogP contribution in [0.25, 0.3) is 59.6 Å². The third-order valence-electron chi connectivity index (χ3n) is 20.5. The Morgan fingerprint density at radius 1 is 0.370 bits per heavy atom. The zero-order valence-corrected chi connectivity index (χ0v) is 67.6. The molecule has 0 amide bonds. The predicted molar refractivity (Wildman–Crippen MR) is 418 cm³/mol. The summed E-state index contributed by atoms with van der Waals surface area (Å²) in [5.41, 5.74) is 23.4. The number of rotatable bonds is 17. The van der Waals surface area contributed by atoms with E-state index in [0.717, 1.165) is 82.7 Å². The molecule has 100 heavy (non-hydrogen) atoms. The van der Waals surface area contributed by atoms with E-state index in [9.17, 15) is 17.9 Å². The Hall–Kier alpha value is -6.19. The molecule has 1 fully saturated rings. The van der Waals surface area contributed by atoms with E-state index in [1.165, 1.54) is 63.0 Å². The zero-order chi connectivity index (χ0) is 72.6. The summed E-state index contributed by atoms with van der Waals surface area (Å²) < 4.78 is 60.0. The molecule has 9 aromatic carbocycles. The molecule has 1 aliphatic heterocycles. The fourth-order valence-electron chi connectivity index (χ4n) is 14.1. The Labute approximate surface area is 615 Å². The second-order valence-electron chi connectivity index (χ2n) is 30.4. The summed E-state index contributed by atoms with van der Waals surface area (Å²) in [5, 5.41) is 3.84. The van der Waals surface area contributed by atoms with Crippen LogP contribution in [0.5, 0.6) is 11.5 Å². The van der Waals surface area contributed by atoms with Crippen molar-refractivity contribution in [1.82, 2.24) is 0 Å². The van der Waals surface area contributed by atoms with Crippen LogP contribution in [0, 0.1) is 29.6 Å². The van der Waals surface area contributed by atoms with Crippen molar-refractivity contribution in [2.75, 3.05) is 0 Å². The molecule has 529 valence electrons. The van der Waals surface area contributed by atoms with Gasteiger partial charge in [0.15, 0.2) is 0 Å².